The van der Waals surface area contributed by atoms with Crippen molar-refractivity contribution < 1.29 is 4.74 Å². The third kappa shape index (κ3) is 4.78. The molecule has 1 aromatic heterocycles. The van der Waals surface area contributed by atoms with E-state index in [1.807, 2.05) is 0 Å². The summed E-state index contributed by atoms with van der Waals surface area (Å²) in [5.74, 6) is 1.50. The number of aromatic nitrogens is 2. The fourth-order valence-corrected chi connectivity index (χ4v) is 2.32. The van der Waals surface area contributed by atoms with E-state index in [0.717, 1.165) is 31.0 Å². The first-order valence-electron chi connectivity index (χ1n) is 7.34. The van der Waals surface area contributed by atoms with Gasteiger partial charge in [0.05, 0.1) is 18.1 Å². The van der Waals surface area contributed by atoms with Crippen LogP contribution >= 0.6 is 0 Å². The van der Waals surface area contributed by atoms with Crippen LogP contribution in [0.15, 0.2) is 12.4 Å². The Morgan fingerprint density at radius 2 is 1.95 bits per heavy atom. The van der Waals surface area contributed by atoms with E-state index in [2.05, 4.69) is 36.1 Å². The van der Waals surface area contributed by atoms with Gasteiger partial charge < -0.3 is 10.1 Å². The molecule has 1 saturated carbocycles. The van der Waals surface area contributed by atoms with Crippen LogP contribution in [0, 0.1) is 5.92 Å². The summed E-state index contributed by atoms with van der Waals surface area (Å²) in [6.07, 6.45) is 8.66. The predicted molar refractivity (Wildman–Crippen MR) is 76.1 cm³/mol. The third-order valence-electron chi connectivity index (χ3n) is 3.62. The number of ether oxygens (including phenoxy) is 1. The number of rotatable bonds is 5. The lowest BCUT2D eigenvalue weighted by atomic mass is 9.89. The van der Waals surface area contributed by atoms with Crippen molar-refractivity contribution in [2.24, 2.45) is 5.92 Å². The van der Waals surface area contributed by atoms with E-state index in [4.69, 9.17) is 4.74 Å². The Morgan fingerprint density at radius 1 is 1.21 bits per heavy atom. The van der Waals surface area contributed by atoms with Gasteiger partial charge in [-0.15, -0.1) is 0 Å². The van der Waals surface area contributed by atoms with Crippen molar-refractivity contribution in [1.29, 1.82) is 0 Å². The Morgan fingerprint density at radius 3 is 2.53 bits per heavy atom. The molecule has 0 atom stereocenters. The molecule has 0 amide bonds. The molecule has 0 bridgehead atoms. The van der Waals surface area contributed by atoms with E-state index in [-0.39, 0.29) is 0 Å². The average Bonchev–Trinajstić information content (AvgIpc) is 2.40. The van der Waals surface area contributed by atoms with Crippen LogP contribution in [-0.4, -0.2) is 22.1 Å². The summed E-state index contributed by atoms with van der Waals surface area (Å²) < 4.78 is 5.89. The van der Waals surface area contributed by atoms with Crippen molar-refractivity contribution in [2.45, 2.75) is 65.1 Å². The monoisotopic (exact) mass is 263 g/mol. The highest BCUT2D eigenvalue weighted by Crippen LogP contribution is 2.26. The fourth-order valence-electron chi connectivity index (χ4n) is 2.32. The van der Waals surface area contributed by atoms with Gasteiger partial charge in [0.15, 0.2) is 0 Å². The number of hydrogen-bond acceptors (Lipinski definition) is 4. The largest absolute Gasteiger partial charge is 0.473 e. The second-order valence-corrected chi connectivity index (χ2v) is 5.88. The Labute approximate surface area is 116 Å². The lowest BCUT2D eigenvalue weighted by Crippen LogP contribution is -2.24. The Bertz CT molecular complexity index is 369. The molecule has 1 aliphatic rings. The summed E-state index contributed by atoms with van der Waals surface area (Å²) in [6, 6.07) is 0.460. The molecule has 1 N–H and O–H groups in total. The van der Waals surface area contributed by atoms with Crippen LogP contribution in [0.5, 0.6) is 5.88 Å². The number of nitrogens with one attached hydrogen (secondary N) is 1. The topological polar surface area (TPSA) is 47.0 Å². The van der Waals surface area contributed by atoms with Gasteiger partial charge in [-0.3, -0.25) is 4.98 Å². The van der Waals surface area contributed by atoms with Gasteiger partial charge in [0, 0.05) is 12.6 Å². The molecule has 0 saturated heterocycles. The Hall–Kier alpha value is -1.16. The summed E-state index contributed by atoms with van der Waals surface area (Å²) >= 11 is 0. The first kappa shape index (κ1) is 14.3. The summed E-state index contributed by atoms with van der Waals surface area (Å²) in [5.41, 5.74) is 0.957. The van der Waals surface area contributed by atoms with Crippen LogP contribution in [0.1, 0.15) is 52.1 Å². The lowest BCUT2D eigenvalue weighted by molar-refractivity contribution is 0.129. The molecule has 1 aliphatic carbocycles. The highest BCUT2D eigenvalue weighted by molar-refractivity contribution is 5.07. The van der Waals surface area contributed by atoms with Gasteiger partial charge in [-0.2, -0.15) is 0 Å². The molecule has 0 radical (unpaired) electrons. The first-order valence-corrected chi connectivity index (χ1v) is 7.34. The van der Waals surface area contributed by atoms with Crippen LogP contribution in [0.25, 0.3) is 0 Å². The van der Waals surface area contributed by atoms with Gasteiger partial charge in [0.2, 0.25) is 5.88 Å². The molecule has 4 nitrogen and oxygen atoms in total. The van der Waals surface area contributed by atoms with Gasteiger partial charge >= 0.3 is 0 Å². The van der Waals surface area contributed by atoms with Crippen molar-refractivity contribution in [1.82, 2.24) is 15.3 Å². The molecule has 0 aromatic carbocycles. The molecular formula is C15H25N3O. The minimum absolute atomic E-state index is 0.324. The molecule has 0 aliphatic heterocycles. The van der Waals surface area contributed by atoms with E-state index in [1.165, 1.54) is 12.8 Å². The van der Waals surface area contributed by atoms with E-state index in [1.54, 1.807) is 12.4 Å². The van der Waals surface area contributed by atoms with Gasteiger partial charge in [-0.25, -0.2) is 4.98 Å². The standard InChI is InChI=1S/C15H25N3O/c1-11(2)16-8-13-9-18-15(10-17-13)19-14-6-4-12(3)5-7-14/h9-12,14,16H,4-8H2,1-3H3. The van der Waals surface area contributed by atoms with E-state index < -0.39 is 0 Å². The zero-order valence-electron chi connectivity index (χ0n) is 12.2. The highest BCUT2D eigenvalue weighted by Gasteiger charge is 2.19. The predicted octanol–water partition coefficient (Wildman–Crippen LogP) is 2.93. The minimum Gasteiger partial charge on any atom is -0.473 e. The smallest absolute Gasteiger partial charge is 0.232 e. The summed E-state index contributed by atoms with van der Waals surface area (Å²) in [5, 5.41) is 3.32. The van der Waals surface area contributed by atoms with Crippen molar-refractivity contribution in [3.63, 3.8) is 0 Å². The minimum atomic E-state index is 0.324. The molecule has 1 fully saturated rings. The number of hydrogen-bond donors (Lipinski definition) is 1. The van der Waals surface area contributed by atoms with E-state index in [9.17, 15) is 0 Å². The molecule has 4 heteroatoms. The summed E-state index contributed by atoms with van der Waals surface area (Å²) in [7, 11) is 0. The maximum Gasteiger partial charge on any atom is 0.232 e. The zero-order chi connectivity index (χ0) is 13.7. The molecule has 106 valence electrons. The first-order chi connectivity index (χ1) is 9.13. The van der Waals surface area contributed by atoms with Crippen LogP contribution < -0.4 is 10.1 Å². The molecule has 0 spiro atoms. The normalized spacial score (nSPS) is 23.6. The SMILES string of the molecule is CC1CCC(Oc2cnc(CNC(C)C)cn2)CC1. The summed E-state index contributed by atoms with van der Waals surface area (Å²) in [4.78, 5) is 8.73. The molecular weight excluding hydrogens is 238 g/mol. The second-order valence-electron chi connectivity index (χ2n) is 5.88. The maximum atomic E-state index is 5.89. The van der Waals surface area contributed by atoms with E-state index >= 15 is 0 Å². The fraction of sp³-hybridized carbons (Fsp3) is 0.733. The van der Waals surface area contributed by atoms with Crippen LogP contribution in [0.4, 0.5) is 0 Å². The molecule has 1 heterocycles. The second kappa shape index (κ2) is 6.85. The number of nitrogens with zero attached hydrogens (tertiary/aromatic N) is 2. The Balaban J connectivity index is 1.81. The van der Waals surface area contributed by atoms with Gasteiger partial charge in [-0.1, -0.05) is 20.8 Å². The third-order valence-corrected chi connectivity index (χ3v) is 3.62. The Kier molecular flexibility index (Phi) is 5.14. The average molecular weight is 263 g/mol. The lowest BCUT2D eigenvalue weighted by Gasteiger charge is -2.26. The highest BCUT2D eigenvalue weighted by atomic mass is 16.5. The van der Waals surface area contributed by atoms with E-state index in [0.29, 0.717) is 18.0 Å². The van der Waals surface area contributed by atoms with Crippen molar-refractivity contribution in [3.05, 3.63) is 18.1 Å². The zero-order valence-corrected chi connectivity index (χ0v) is 12.2. The van der Waals surface area contributed by atoms with Gasteiger partial charge in [-0.05, 0) is 31.6 Å². The van der Waals surface area contributed by atoms with Crippen LogP contribution in [0.3, 0.4) is 0 Å². The summed E-state index contributed by atoms with van der Waals surface area (Å²) in [6.45, 7) is 7.31. The molecule has 0 unspecified atom stereocenters. The maximum absolute atomic E-state index is 5.89. The van der Waals surface area contributed by atoms with Gasteiger partial charge in [0.1, 0.15) is 6.10 Å². The molecule has 19 heavy (non-hydrogen) atoms. The molecule has 2 rings (SSSR count). The quantitative estimate of drug-likeness (QED) is 0.887. The van der Waals surface area contributed by atoms with Crippen LogP contribution in [-0.2, 0) is 6.54 Å². The van der Waals surface area contributed by atoms with Crippen LogP contribution in [0.2, 0.25) is 0 Å². The van der Waals surface area contributed by atoms with Gasteiger partial charge in [0.25, 0.3) is 0 Å². The van der Waals surface area contributed by atoms with Crippen molar-refractivity contribution in [2.75, 3.05) is 0 Å². The molecule has 1 aromatic rings. The van der Waals surface area contributed by atoms with Crippen molar-refractivity contribution in [3.8, 4) is 5.88 Å². The van der Waals surface area contributed by atoms with Crippen molar-refractivity contribution >= 4 is 0 Å².